The van der Waals surface area contributed by atoms with E-state index < -0.39 is 15.2 Å². The Morgan fingerprint density at radius 2 is 2.06 bits per heavy atom. The van der Waals surface area contributed by atoms with E-state index in [-0.39, 0.29) is 17.1 Å². The summed E-state index contributed by atoms with van der Waals surface area (Å²) in [7, 11) is -3.87. The monoisotopic (exact) mass is 255 g/mol. The zero-order valence-corrected chi connectivity index (χ0v) is 10.4. The molecule has 17 heavy (non-hydrogen) atoms. The molecule has 0 aliphatic heterocycles. The first-order valence-corrected chi connectivity index (χ1v) is 6.55. The van der Waals surface area contributed by atoms with Crippen molar-refractivity contribution in [3.05, 3.63) is 34.7 Å². The largest absolute Gasteiger partial charge is 0.300 e. The summed E-state index contributed by atoms with van der Waals surface area (Å²) >= 11 is 0. The van der Waals surface area contributed by atoms with Gasteiger partial charge in [-0.05, 0) is 36.7 Å². The second-order valence-corrected chi connectivity index (χ2v) is 5.93. The summed E-state index contributed by atoms with van der Waals surface area (Å²) < 4.78 is 24.0. The quantitative estimate of drug-likeness (QED) is 0.752. The zero-order valence-electron chi connectivity index (χ0n) is 9.58. The third-order valence-electron chi connectivity index (χ3n) is 2.26. The van der Waals surface area contributed by atoms with Gasteiger partial charge in [-0.15, -0.1) is 4.91 Å². The number of rotatable bonds is 5. The second-order valence-electron chi connectivity index (χ2n) is 3.83. The van der Waals surface area contributed by atoms with E-state index in [9.17, 15) is 18.1 Å². The molecule has 1 aromatic carbocycles. The van der Waals surface area contributed by atoms with Gasteiger partial charge >= 0.3 is 0 Å². The van der Waals surface area contributed by atoms with Crippen LogP contribution in [0.25, 0.3) is 0 Å². The number of hydrogen-bond donors (Lipinski definition) is 0. The lowest BCUT2D eigenvalue weighted by molar-refractivity contribution is -0.117. The highest BCUT2D eigenvalue weighted by Crippen LogP contribution is 2.20. The first kappa shape index (κ1) is 13.5. The van der Waals surface area contributed by atoms with Gasteiger partial charge in [0, 0.05) is 6.42 Å². The molecule has 1 atom stereocenters. The van der Waals surface area contributed by atoms with Crippen molar-refractivity contribution in [3.8, 4) is 0 Å². The Labute approximate surface area is 99.7 Å². The number of sulfone groups is 1. The molecule has 0 saturated carbocycles. The molecule has 0 amide bonds. The number of carbonyl (C=O) groups is 1. The average molecular weight is 255 g/mol. The van der Waals surface area contributed by atoms with Crippen LogP contribution in [0, 0.1) is 11.8 Å². The summed E-state index contributed by atoms with van der Waals surface area (Å²) in [5.74, 6) is -0.383. The van der Waals surface area contributed by atoms with Crippen LogP contribution >= 0.6 is 0 Å². The fraction of sp³-hybridized carbons (Fsp3) is 0.364. The second kappa shape index (κ2) is 5.18. The smallest absolute Gasteiger partial charge is 0.205 e. The molecule has 0 bridgehead atoms. The van der Waals surface area contributed by atoms with Crippen molar-refractivity contribution in [2.24, 2.45) is 5.18 Å². The molecule has 0 aliphatic rings. The topological polar surface area (TPSA) is 80.6 Å². The van der Waals surface area contributed by atoms with Crippen LogP contribution in [0.5, 0.6) is 0 Å². The molecule has 6 heteroatoms. The Morgan fingerprint density at radius 3 is 2.53 bits per heavy atom. The lowest BCUT2D eigenvalue weighted by atomic mass is 10.2. The summed E-state index contributed by atoms with van der Waals surface area (Å²) in [5.41, 5.74) is 0.763. The van der Waals surface area contributed by atoms with E-state index in [1.807, 2.05) is 0 Å². The van der Waals surface area contributed by atoms with Crippen molar-refractivity contribution < 1.29 is 13.2 Å². The average Bonchev–Trinajstić information content (AvgIpc) is 2.25. The number of ketones is 1. The molecule has 0 fully saturated rings. The molecule has 0 N–H and O–H groups in total. The van der Waals surface area contributed by atoms with Crippen molar-refractivity contribution in [3.63, 3.8) is 0 Å². The number of benzene rings is 1. The van der Waals surface area contributed by atoms with Gasteiger partial charge in [0.05, 0.1) is 4.90 Å². The van der Waals surface area contributed by atoms with E-state index in [1.165, 1.54) is 19.1 Å². The maximum absolute atomic E-state index is 12.0. The van der Waals surface area contributed by atoms with E-state index in [2.05, 4.69) is 5.18 Å². The van der Waals surface area contributed by atoms with Gasteiger partial charge in [-0.3, -0.25) is 4.79 Å². The fourth-order valence-electron chi connectivity index (χ4n) is 1.40. The molecule has 0 aromatic heterocycles. The van der Waals surface area contributed by atoms with Gasteiger partial charge < -0.3 is 0 Å². The number of carbonyl (C=O) groups excluding carboxylic acids is 1. The number of Topliss-reactive ketones (excluding diaryl/α,β-unsaturated/α-hetero) is 1. The van der Waals surface area contributed by atoms with E-state index in [0.29, 0.717) is 0 Å². The van der Waals surface area contributed by atoms with Crippen LogP contribution in [-0.4, -0.2) is 19.6 Å². The van der Waals surface area contributed by atoms with Gasteiger partial charge in [0.25, 0.3) is 0 Å². The van der Waals surface area contributed by atoms with Crippen molar-refractivity contribution in [1.29, 1.82) is 0 Å². The summed E-state index contributed by atoms with van der Waals surface area (Å²) in [6.07, 6.45) is -0.389. The normalized spacial score (nSPS) is 13.1. The van der Waals surface area contributed by atoms with Crippen LogP contribution in [-0.2, 0) is 14.6 Å². The SMILES string of the molecule is CC(=O)CC(N=O)S(=O)(=O)c1cccc(C)c1. The summed E-state index contributed by atoms with van der Waals surface area (Å²) in [4.78, 5) is 21.5. The predicted octanol–water partition coefficient (Wildman–Crippen LogP) is 1.84. The minimum absolute atomic E-state index is 0.0170. The van der Waals surface area contributed by atoms with E-state index in [0.717, 1.165) is 5.56 Å². The first-order valence-electron chi connectivity index (χ1n) is 5.00. The fourth-order valence-corrected chi connectivity index (χ4v) is 2.90. The van der Waals surface area contributed by atoms with Crippen LogP contribution in [0.2, 0.25) is 0 Å². The highest BCUT2D eigenvalue weighted by Gasteiger charge is 2.29. The number of aryl methyl sites for hydroxylation is 1. The predicted molar refractivity (Wildman–Crippen MR) is 63.2 cm³/mol. The maximum Gasteiger partial charge on any atom is 0.205 e. The van der Waals surface area contributed by atoms with Crippen LogP contribution in [0.3, 0.4) is 0 Å². The van der Waals surface area contributed by atoms with Gasteiger partial charge in [-0.25, -0.2) is 8.42 Å². The van der Waals surface area contributed by atoms with Crippen LogP contribution < -0.4 is 0 Å². The molecule has 5 nitrogen and oxygen atoms in total. The van der Waals surface area contributed by atoms with Gasteiger partial charge in [0.15, 0.2) is 0 Å². The minimum atomic E-state index is -3.87. The van der Waals surface area contributed by atoms with Crippen molar-refractivity contribution in [2.45, 2.75) is 30.5 Å². The lowest BCUT2D eigenvalue weighted by Gasteiger charge is -2.09. The Hall–Kier alpha value is -1.56. The zero-order chi connectivity index (χ0) is 13.1. The molecule has 0 heterocycles. The lowest BCUT2D eigenvalue weighted by Crippen LogP contribution is -2.21. The molecule has 1 rings (SSSR count). The highest BCUT2D eigenvalue weighted by molar-refractivity contribution is 7.92. The van der Waals surface area contributed by atoms with Crippen molar-refractivity contribution in [1.82, 2.24) is 0 Å². The molecule has 0 spiro atoms. The van der Waals surface area contributed by atoms with Crippen molar-refractivity contribution >= 4 is 15.6 Å². The van der Waals surface area contributed by atoms with Gasteiger partial charge in [0.1, 0.15) is 5.78 Å². The molecule has 0 aliphatic carbocycles. The molecular formula is C11H13NO4S. The summed E-state index contributed by atoms with van der Waals surface area (Å²) in [6.45, 7) is 2.97. The summed E-state index contributed by atoms with van der Waals surface area (Å²) in [6, 6.07) is 6.17. The van der Waals surface area contributed by atoms with E-state index in [1.54, 1.807) is 19.1 Å². The number of hydrogen-bond acceptors (Lipinski definition) is 5. The number of nitroso groups, excluding NO2 is 1. The molecular weight excluding hydrogens is 242 g/mol. The maximum atomic E-state index is 12.0. The Morgan fingerprint density at radius 1 is 1.41 bits per heavy atom. The molecule has 1 unspecified atom stereocenters. The first-order chi connectivity index (χ1) is 7.87. The standard InChI is InChI=1S/C11H13NO4S/c1-8-4-3-5-10(6-8)17(15,16)11(12-14)7-9(2)13/h3-6,11H,7H2,1-2H3. The Kier molecular flexibility index (Phi) is 4.11. The molecule has 92 valence electrons. The van der Waals surface area contributed by atoms with E-state index >= 15 is 0 Å². The Balaban J connectivity index is 3.17. The van der Waals surface area contributed by atoms with E-state index in [4.69, 9.17) is 0 Å². The Bertz CT molecular complexity index is 536. The van der Waals surface area contributed by atoms with Gasteiger partial charge in [0.2, 0.25) is 15.2 Å². The number of nitrogens with zero attached hydrogens (tertiary/aromatic N) is 1. The summed E-state index contributed by atoms with van der Waals surface area (Å²) in [5, 5.41) is 1.01. The van der Waals surface area contributed by atoms with Crippen LogP contribution in [0.1, 0.15) is 18.9 Å². The van der Waals surface area contributed by atoms with Crippen molar-refractivity contribution in [2.75, 3.05) is 0 Å². The highest BCUT2D eigenvalue weighted by atomic mass is 32.2. The molecule has 0 radical (unpaired) electrons. The van der Waals surface area contributed by atoms with Gasteiger partial charge in [-0.1, -0.05) is 12.1 Å². The minimum Gasteiger partial charge on any atom is -0.300 e. The van der Waals surface area contributed by atoms with Crippen LogP contribution in [0.4, 0.5) is 0 Å². The molecule has 0 saturated heterocycles. The molecule has 1 aromatic rings. The third-order valence-corrected chi connectivity index (χ3v) is 4.14. The third kappa shape index (κ3) is 3.20. The van der Waals surface area contributed by atoms with Crippen LogP contribution in [0.15, 0.2) is 34.3 Å². The van der Waals surface area contributed by atoms with Gasteiger partial charge in [-0.2, -0.15) is 0 Å².